The number of benzene rings is 1. The second-order valence-corrected chi connectivity index (χ2v) is 9.82. The van der Waals surface area contributed by atoms with Gasteiger partial charge < -0.3 is 0 Å². The summed E-state index contributed by atoms with van der Waals surface area (Å²) >= 11 is 0. The molecule has 0 aliphatic rings. The van der Waals surface area contributed by atoms with Crippen LogP contribution in [0.25, 0.3) is 0 Å². The maximum absolute atomic E-state index is 12.2. The molecular weight excluding hydrogens is 217 g/mol. The zero-order chi connectivity index (χ0) is 11.7. The van der Waals surface area contributed by atoms with Crippen molar-refractivity contribution in [3.63, 3.8) is 0 Å². The highest BCUT2D eigenvalue weighted by molar-refractivity contribution is 6.88. The van der Waals surface area contributed by atoms with E-state index in [0.717, 1.165) is 5.19 Å². The van der Waals surface area contributed by atoms with Crippen LogP contribution < -0.4 is 5.19 Å². The van der Waals surface area contributed by atoms with Gasteiger partial charge in [-0.15, -0.1) is 0 Å². The average molecular weight is 232 g/mol. The highest BCUT2D eigenvalue weighted by Crippen LogP contribution is 2.20. The molecule has 0 amide bonds. The maximum atomic E-state index is 12.2. The van der Waals surface area contributed by atoms with Crippen LogP contribution >= 0.6 is 0 Å². The van der Waals surface area contributed by atoms with E-state index in [-0.39, 0.29) is 0 Å². The number of alkyl halides is 3. The summed E-state index contributed by atoms with van der Waals surface area (Å²) in [6.45, 7) is 6.37. The summed E-state index contributed by atoms with van der Waals surface area (Å²) in [4.78, 5) is 0. The Balaban J connectivity index is 2.94. The predicted octanol–water partition coefficient (Wildman–Crippen LogP) is 3.34. The molecule has 0 aliphatic carbocycles. The van der Waals surface area contributed by atoms with E-state index < -0.39 is 20.7 Å². The highest BCUT2D eigenvalue weighted by Gasteiger charge is 2.28. The van der Waals surface area contributed by atoms with Crippen molar-refractivity contribution in [2.24, 2.45) is 0 Å². The molecule has 1 aromatic rings. The molecule has 0 aromatic heterocycles. The first-order valence-corrected chi connectivity index (χ1v) is 8.35. The van der Waals surface area contributed by atoms with Gasteiger partial charge in [0.05, 0.1) is 14.5 Å². The van der Waals surface area contributed by atoms with E-state index in [1.54, 1.807) is 12.1 Å². The van der Waals surface area contributed by atoms with Crippen molar-refractivity contribution in [3.05, 3.63) is 29.8 Å². The van der Waals surface area contributed by atoms with E-state index in [0.29, 0.717) is 5.56 Å². The molecule has 0 spiro atoms. The Labute approximate surface area is 89.1 Å². The van der Waals surface area contributed by atoms with Crippen LogP contribution in [0, 0.1) is 0 Å². The Morgan fingerprint density at radius 2 is 1.73 bits per heavy atom. The van der Waals surface area contributed by atoms with E-state index in [1.165, 1.54) is 6.07 Å². The van der Waals surface area contributed by atoms with Crippen LogP contribution in [-0.4, -0.2) is 14.3 Å². The zero-order valence-electron chi connectivity index (χ0n) is 9.15. The van der Waals surface area contributed by atoms with E-state index >= 15 is 0 Å². The van der Waals surface area contributed by atoms with Gasteiger partial charge in [0.2, 0.25) is 0 Å². The number of hydrogen-bond donors (Lipinski definition) is 0. The maximum Gasteiger partial charge on any atom is 0.393 e. The summed E-state index contributed by atoms with van der Waals surface area (Å²) in [6.07, 6.45) is -4.94. The summed E-state index contributed by atoms with van der Waals surface area (Å²) in [6, 6.07) is 6.87. The lowest BCUT2D eigenvalue weighted by Gasteiger charge is -2.17. The van der Waals surface area contributed by atoms with Crippen LogP contribution in [0.15, 0.2) is 24.3 Å². The first-order chi connectivity index (χ1) is 6.68. The van der Waals surface area contributed by atoms with Crippen LogP contribution in [0.4, 0.5) is 13.2 Å². The second-order valence-electron chi connectivity index (χ2n) is 4.74. The van der Waals surface area contributed by atoms with Gasteiger partial charge in [0.1, 0.15) is 0 Å². The van der Waals surface area contributed by atoms with E-state index in [4.69, 9.17) is 0 Å². The van der Waals surface area contributed by atoms with Crippen molar-refractivity contribution in [1.82, 2.24) is 0 Å². The molecule has 1 aromatic carbocycles. The van der Waals surface area contributed by atoms with Crippen LogP contribution in [0.2, 0.25) is 19.6 Å². The molecule has 0 heterocycles. The molecule has 0 unspecified atom stereocenters. The monoisotopic (exact) mass is 232 g/mol. The average Bonchev–Trinajstić information content (AvgIpc) is 1.99. The van der Waals surface area contributed by atoms with Crippen molar-refractivity contribution < 1.29 is 13.2 Å². The van der Waals surface area contributed by atoms with E-state index in [1.807, 2.05) is 6.07 Å². The minimum absolute atomic E-state index is 0.363. The third-order valence-corrected chi connectivity index (χ3v) is 4.24. The lowest BCUT2D eigenvalue weighted by molar-refractivity contribution is -0.127. The molecular formula is C11H15F3Si. The normalized spacial score (nSPS) is 12.9. The van der Waals surface area contributed by atoms with Crippen LogP contribution in [0.1, 0.15) is 5.56 Å². The summed E-state index contributed by atoms with van der Waals surface area (Å²) < 4.78 is 36.5. The van der Waals surface area contributed by atoms with Crippen LogP contribution in [-0.2, 0) is 6.42 Å². The standard InChI is InChI=1S/C11H15F3Si/c1-15(2,3)10-6-4-5-9(7-10)8-11(12,13)14/h4-7H,8H2,1-3H3. The van der Waals surface area contributed by atoms with Crippen molar-refractivity contribution >= 4 is 13.3 Å². The van der Waals surface area contributed by atoms with Crippen molar-refractivity contribution in [3.8, 4) is 0 Å². The zero-order valence-corrected chi connectivity index (χ0v) is 10.2. The summed E-state index contributed by atoms with van der Waals surface area (Å²) in [5.74, 6) is 0. The molecule has 0 atom stereocenters. The van der Waals surface area contributed by atoms with Gasteiger partial charge in [-0.2, -0.15) is 13.2 Å². The van der Waals surface area contributed by atoms with E-state index in [2.05, 4.69) is 19.6 Å². The SMILES string of the molecule is C[Si](C)(C)c1cccc(CC(F)(F)F)c1. The van der Waals surface area contributed by atoms with Gasteiger partial charge in [-0.1, -0.05) is 49.1 Å². The third-order valence-electron chi connectivity index (χ3n) is 2.20. The number of hydrogen-bond acceptors (Lipinski definition) is 0. The molecule has 0 bridgehead atoms. The van der Waals surface area contributed by atoms with Gasteiger partial charge in [0.25, 0.3) is 0 Å². The van der Waals surface area contributed by atoms with Gasteiger partial charge in [-0.3, -0.25) is 0 Å². The van der Waals surface area contributed by atoms with Gasteiger partial charge in [-0.05, 0) is 5.56 Å². The van der Waals surface area contributed by atoms with Gasteiger partial charge in [0, 0.05) is 0 Å². The Morgan fingerprint density at radius 3 is 2.20 bits per heavy atom. The van der Waals surface area contributed by atoms with Gasteiger partial charge in [-0.25, -0.2) is 0 Å². The molecule has 0 nitrogen and oxygen atoms in total. The molecule has 4 heteroatoms. The quantitative estimate of drug-likeness (QED) is 0.686. The minimum atomic E-state index is -4.11. The molecule has 0 saturated carbocycles. The third kappa shape index (κ3) is 4.07. The van der Waals surface area contributed by atoms with E-state index in [9.17, 15) is 13.2 Å². The second kappa shape index (κ2) is 4.00. The Bertz CT molecular complexity index is 336. The Morgan fingerprint density at radius 1 is 1.13 bits per heavy atom. The lowest BCUT2D eigenvalue weighted by Crippen LogP contribution is -2.37. The molecule has 0 aliphatic heterocycles. The number of rotatable bonds is 2. The predicted molar refractivity (Wildman–Crippen MR) is 59.2 cm³/mol. The number of halogens is 3. The fraction of sp³-hybridized carbons (Fsp3) is 0.455. The smallest absolute Gasteiger partial charge is 0.171 e. The largest absolute Gasteiger partial charge is 0.393 e. The molecule has 0 saturated heterocycles. The molecule has 0 radical (unpaired) electrons. The molecule has 0 N–H and O–H groups in total. The van der Waals surface area contributed by atoms with Crippen molar-refractivity contribution in [2.45, 2.75) is 32.2 Å². The summed E-state index contributed by atoms with van der Waals surface area (Å²) in [5, 5.41) is 1.07. The highest BCUT2D eigenvalue weighted by atomic mass is 28.3. The van der Waals surface area contributed by atoms with Gasteiger partial charge >= 0.3 is 6.18 Å². The minimum Gasteiger partial charge on any atom is -0.171 e. The molecule has 84 valence electrons. The molecule has 0 fully saturated rings. The fourth-order valence-electron chi connectivity index (χ4n) is 1.38. The molecule has 1 rings (SSSR count). The first kappa shape index (κ1) is 12.3. The Kier molecular flexibility index (Phi) is 3.28. The summed E-state index contributed by atoms with van der Waals surface area (Å²) in [5.41, 5.74) is 0.363. The van der Waals surface area contributed by atoms with Gasteiger partial charge in [0.15, 0.2) is 0 Å². The van der Waals surface area contributed by atoms with Crippen LogP contribution in [0.3, 0.4) is 0 Å². The van der Waals surface area contributed by atoms with Crippen molar-refractivity contribution in [2.75, 3.05) is 0 Å². The lowest BCUT2D eigenvalue weighted by atomic mass is 10.1. The fourth-order valence-corrected chi connectivity index (χ4v) is 2.59. The topological polar surface area (TPSA) is 0 Å². The first-order valence-electron chi connectivity index (χ1n) is 4.85. The van der Waals surface area contributed by atoms with Crippen LogP contribution in [0.5, 0.6) is 0 Å². The Hall–Kier alpha value is -0.773. The summed E-state index contributed by atoms with van der Waals surface area (Å²) in [7, 11) is -1.51. The molecule has 15 heavy (non-hydrogen) atoms. The van der Waals surface area contributed by atoms with Crippen molar-refractivity contribution in [1.29, 1.82) is 0 Å².